The summed E-state index contributed by atoms with van der Waals surface area (Å²) in [7, 11) is 0. The first-order valence-corrected chi connectivity index (χ1v) is 5.71. The Bertz CT molecular complexity index is 451. The number of pyridine rings is 1. The molecule has 0 spiro atoms. The number of aromatic nitrogens is 3. The molecule has 5 nitrogen and oxygen atoms in total. The van der Waals surface area contributed by atoms with Gasteiger partial charge in [0.15, 0.2) is 0 Å². The fourth-order valence-corrected chi connectivity index (χ4v) is 1.88. The van der Waals surface area contributed by atoms with Crippen LogP contribution in [0.15, 0.2) is 36.9 Å². The second-order valence-electron chi connectivity index (χ2n) is 3.86. The van der Waals surface area contributed by atoms with Crippen molar-refractivity contribution in [3.8, 4) is 0 Å². The Morgan fingerprint density at radius 3 is 3.00 bits per heavy atom. The standard InChI is InChI=1S/C12H17N5/c1-2-17-7-6-15-12(17)11(16-13)8-10-4-3-5-14-9-10/h3-7,9,11,16H,2,8,13H2,1H3. The number of hydrogen-bond acceptors (Lipinski definition) is 4. The molecule has 3 N–H and O–H groups in total. The first kappa shape index (κ1) is 11.8. The van der Waals surface area contributed by atoms with Gasteiger partial charge in [0.05, 0.1) is 6.04 Å². The molecule has 0 bridgehead atoms. The highest BCUT2D eigenvalue weighted by molar-refractivity contribution is 5.13. The molecule has 2 rings (SSSR count). The van der Waals surface area contributed by atoms with Crippen LogP contribution in [0.1, 0.15) is 24.4 Å². The van der Waals surface area contributed by atoms with Gasteiger partial charge in [-0.2, -0.15) is 0 Å². The molecule has 5 heteroatoms. The van der Waals surface area contributed by atoms with Crippen LogP contribution in [-0.2, 0) is 13.0 Å². The molecule has 0 aliphatic carbocycles. The molecule has 0 saturated heterocycles. The maximum atomic E-state index is 5.61. The van der Waals surface area contributed by atoms with E-state index >= 15 is 0 Å². The van der Waals surface area contributed by atoms with E-state index in [1.165, 1.54) is 0 Å². The predicted octanol–water partition coefficient (Wildman–Crippen LogP) is 1.05. The van der Waals surface area contributed by atoms with Gasteiger partial charge >= 0.3 is 0 Å². The van der Waals surface area contributed by atoms with Gasteiger partial charge in [0.2, 0.25) is 0 Å². The highest BCUT2D eigenvalue weighted by atomic mass is 15.3. The van der Waals surface area contributed by atoms with Gasteiger partial charge in [0, 0.05) is 31.3 Å². The van der Waals surface area contributed by atoms with Crippen molar-refractivity contribution in [3.05, 3.63) is 48.3 Å². The monoisotopic (exact) mass is 231 g/mol. The van der Waals surface area contributed by atoms with Gasteiger partial charge in [-0.3, -0.25) is 10.8 Å². The van der Waals surface area contributed by atoms with Gasteiger partial charge in [0.25, 0.3) is 0 Å². The van der Waals surface area contributed by atoms with Gasteiger partial charge in [-0.1, -0.05) is 6.07 Å². The average Bonchev–Trinajstić information content (AvgIpc) is 2.85. The lowest BCUT2D eigenvalue weighted by molar-refractivity contribution is 0.495. The zero-order valence-corrected chi connectivity index (χ0v) is 9.87. The molecule has 0 fully saturated rings. The molecule has 1 unspecified atom stereocenters. The summed E-state index contributed by atoms with van der Waals surface area (Å²) in [6.07, 6.45) is 8.15. The van der Waals surface area contributed by atoms with E-state index < -0.39 is 0 Å². The van der Waals surface area contributed by atoms with Crippen molar-refractivity contribution in [2.75, 3.05) is 0 Å². The first-order valence-electron chi connectivity index (χ1n) is 5.71. The minimum atomic E-state index is 0.00847. The topological polar surface area (TPSA) is 68.8 Å². The van der Waals surface area contributed by atoms with Crippen LogP contribution in [0, 0.1) is 0 Å². The predicted molar refractivity (Wildman–Crippen MR) is 65.9 cm³/mol. The molecule has 0 aromatic carbocycles. The second-order valence-corrected chi connectivity index (χ2v) is 3.86. The number of rotatable bonds is 5. The van der Waals surface area contributed by atoms with Gasteiger partial charge in [-0.15, -0.1) is 0 Å². The third-order valence-corrected chi connectivity index (χ3v) is 2.76. The quantitative estimate of drug-likeness (QED) is 0.596. The molecular formula is C12H17N5. The van der Waals surface area contributed by atoms with Crippen LogP contribution in [-0.4, -0.2) is 14.5 Å². The van der Waals surface area contributed by atoms with Gasteiger partial charge < -0.3 is 4.57 Å². The van der Waals surface area contributed by atoms with Crippen LogP contribution >= 0.6 is 0 Å². The van der Waals surface area contributed by atoms with Crippen molar-refractivity contribution in [1.82, 2.24) is 20.0 Å². The number of nitrogens with one attached hydrogen (secondary N) is 1. The van der Waals surface area contributed by atoms with Crippen LogP contribution in [0.2, 0.25) is 0 Å². The van der Waals surface area contributed by atoms with Crippen molar-refractivity contribution in [3.63, 3.8) is 0 Å². The van der Waals surface area contributed by atoms with Crippen molar-refractivity contribution >= 4 is 0 Å². The van der Waals surface area contributed by atoms with Gasteiger partial charge in [-0.25, -0.2) is 10.4 Å². The molecule has 2 aromatic rings. The normalized spacial score (nSPS) is 12.6. The van der Waals surface area contributed by atoms with E-state index in [4.69, 9.17) is 5.84 Å². The van der Waals surface area contributed by atoms with E-state index in [0.717, 1.165) is 24.4 Å². The minimum Gasteiger partial charge on any atom is -0.334 e. The zero-order chi connectivity index (χ0) is 12.1. The van der Waals surface area contributed by atoms with Crippen LogP contribution in [0.3, 0.4) is 0 Å². The summed E-state index contributed by atoms with van der Waals surface area (Å²) in [4.78, 5) is 8.45. The molecule has 0 aliphatic rings. The Morgan fingerprint density at radius 1 is 1.47 bits per heavy atom. The molecule has 0 radical (unpaired) electrons. The lowest BCUT2D eigenvalue weighted by Gasteiger charge is -2.16. The number of aryl methyl sites for hydroxylation is 1. The molecule has 90 valence electrons. The molecule has 17 heavy (non-hydrogen) atoms. The lowest BCUT2D eigenvalue weighted by Crippen LogP contribution is -2.31. The summed E-state index contributed by atoms with van der Waals surface area (Å²) >= 11 is 0. The maximum absolute atomic E-state index is 5.61. The van der Waals surface area contributed by atoms with E-state index in [0.29, 0.717) is 0 Å². The van der Waals surface area contributed by atoms with Gasteiger partial charge in [0.1, 0.15) is 5.82 Å². The van der Waals surface area contributed by atoms with Gasteiger partial charge in [-0.05, 0) is 25.0 Å². The summed E-state index contributed by atoms with van der Waals surface area (Å²) in [6, 6.07) is 3.97. The maximum Gasteiger partial charge on any atom is 0.127 e. The summed E-state index contributed by atoms with van der Waals surface area (Å²) < 4.78 is 2.08. The largest absolute Gasteiger partial charge is 0.334 e. The molecule has 0 aliphatic heterocycles. The fourth-order valence-electron chi connectivity index (χ4n) is 1.88. The van der Waals surface area contributed by atoms with Crippen LogP contribution in [0.4, 0.5) is 0 Å². The van der Waals surface area contributed by atoms with Crippen LogP contribution in [0.25, 0.3) is 0 Å². The third-order valence-electron chi connectivity index (χ3n) is 2.76. The van der Waals surface area contributed by atoms with Crippen molar-refractivity contribution in [2.45, 2.75) is 25.9 Å². The average molecular weight is 231 g/mol. The smallest absolute Gasteiger partial charge is 0.127 e. The molecule has 1 atom stereocenters. The summed E-state index contributed by atoms with van der Waals surface area (Å²) in [5.41, 5.74) is 3.96. The van der Waals surface area contributed by atoms with Crippen LogP contribution in [0.5, 0.6) is 0 Å². The summed E-state index contributed by atoms with van der Waals surface area (Å²) in [5.74, 6) is 6.57. The third kappa shape index (κ3) is 2.69. The number of imidazole rings is 1. The van der Waals surface area contributed by atoms with E-state index in [1.807, 2.05) is 24.5 Å². The zero-order valence-electron chi connectivity index (χ0n) is 9.87. The minimum absolute atomic E-state index is 0.00847. The molecule has 0 saturated carbocycles. The fraction of sp³-hybridized carbons (Fsp3) is 0.333. The van der Waals surface area contributed by atoms with Crippen molar-refractivity contribution in [1.29, 1.82) is 0 Å². The van der Waals surface area contributed by atoms with E-state index in [9.17, 15) is 0 Å². The Morgan fingerprint density at radius 2 is 2.35 bits per heavy atom. The number of hydrazine groups is 1. The lowest BCUT2D eigenvalue weighted by atomic mass is 10.1. The molecular weight excluding hydrogens is 214 g/mol. The number of hydrogen-bond donors (Lipinski definition) is 2. The summed E-state index contributed by atoms with van der Waals surface area (Å²) in [5, 5.41) is 0. The van der Waals surface area contributed by atoms with E-state index in [-0.39, 0.29) is 6.04 Å². The Labute approximate surface area is 101 Å². The highest BCUT2D eigenvalue weighted by Crippen LogP contribution is 2.15. The Kier molecular flexibility index (Phi) is 3.85. The Balaban J connectivity index is 2.17. The molecule has 2 aromatic heterocycles. The first-order chi connectivity index (χ1) is 8.35. The van der Waals surface area contributed by atoms with Crippen molar-refractivity contribution in [2.24, 2.45) is 5.84 Å². The second kappa shape index (κ2) is 5.56. The van der Waals surface area contributed by atoms with Crippen molar-refractivity contribution < 1.29 is 0 Å². The van der Waals surface area contributed by atoms with E-state index in [1.54, 1.807) is 12.4 Å². The van der Waals surface area contributed by atoms with Crippen LogP contribution < -0.4 is 11.3 Å². The Hall–Kier alpha value is -1.72. The number of nitrogens with two attached hydrogens (primary N) is 1. The SMILES string of the molecule is CCn1ccnc1C(Cc1cccnc1)NN. The molecule has 0 amide bonds. The molecule has 2 heterocycles. The number of nitrogens with zero attached hydrogens (tertiary/aromatic N) is 3. The summed E-state index contributed by atoms with van der Waals surface area (Å²) in [6.45, 7) is 2.98. The highest BCUT2D eigenvalue weighted by Gasteiger charge is 2.15. The van der Waals surface area contributed by atoms with E-state index in [2.05, 4.69) is 26.9 Å².